The average Bonchev–Trinajstić information content (AvgIpc) is 3.09. The number of likely N-dealkylation sites (tertiary alicyclic amines) is 1. The Morgan fingerprint density at radius 1 is 1.35 bits per heavy atom. The maximum atomic E-state index is 12.8. The summed E-state index contributed by atoms with van der Waals surface area (Å²) in [7, 11) is 0. The van der Waals surface area contributed by atoms with E-state index in [-0.39, 0.29) is 11.9 Å². The van der Waals surface area contributed by atoms with E-state index in [0.717, 1.165) is 0 Å². The Morgan fingerprint density at radius 2 is 2.17 bits per heavy atom. The lowest BCUT2D eigenvalue weighted by molar-refractivity contribution is -0.144. The highest BCUT2D eigenvalue weighted by Gasteiger charge is 2.35. The standard InChI is InChI=1S/C16H18N4O3/c1-11-13(16(22)23)4-2-8-19(11)15(21)12-5-7-17-14(10-12)20-9-3-6-18-20/h3,5-7,9-11,13H,2,4,8H2,1H3,(H,22,23)/t11-,13-/m1/s1. The van der Waals surface area contributed by atoms with Crippen LogP contribution in [0.3, 0.4) is 0 Å². The van der Waals surface area contributed by atoms with Crippen LogP contribution in [0.5, 0.6) is 0 Å². The van der Waals surface area contributed by atoms with Crippen LogP contribution in [-0.2, 0) is 4.79 Å². The van der Waals surface area contributed by atoms with Crippen LogP contribution in [0.2, 0.25) is 0 Å². The molecule has 0 saturated carbocycles. The Hall–Kier alpha value is -2.70. The number of aromatic nitrogens is 3. The molecule has 1 saturated heterocycles. The SMILES string of the molecule is C[C@@H]1[C@H](C(=O)O)CCCN1C(=O)c1ccnc(-n2cccn2)c1. The number of carbonyl (C=O) groups is 2. The molecule has 0 bridgehead atoms. The van der Waals surface area contributed by atoms with Gasteiger partial charge in [-0.3, -0.25) is 9.59 Å². The fourth-order valence-corrected chi connectivity index (χ4v) is 3.01. The number of pyridine rings is 1. The van der Waals surface area contributed by atoms with Gasteiger partial charge in [-0.25, -0.2) is 9.67 Å². The zero-order chi connectivity index (χ0) is 16.4. The van der Waals surface area contributed by atoms with Crippen molar-refractivity contribution in [2.75, 3.05) is 6.54 Å². The Bertz CT molecular complexity index is 714. The number of carboxylic acid groups (broad SMARTS) is 1. The molecule has 0 unspecified atom stereocenters. The maximum Gasteiger partial charge on any atom is 0.308 e. The van der Waals surface area contributed by atoms with Gasteiger partial charge in [0.25, 0.3) is 5.91 Å². The number of hydrogen-bond donors (Lipinski definition) is 1. The summed E-state index contributed by atoms with van der Waals surface area (Å²) in [5.74, 6) is -0.971. The Labute approximate surface area is 133 Å². The quantitative estimate of drug-likeness (QED) is 0.929. The number of rotatable bonds is 3. The van der Waals surface area contributed by atoms with E-state index in [1.54, 1.807) is 53.3 Å². The molecule has 2 aromatic heterocycles. The molecule has 23 heavy (non-hydrogen) atoms. The Balaban J connectivity index is 1.85. The van der Waals surface area contributed by atoms with E-state index in [2.05, 4.69) is 10.1 Å². The molecule has 120 valence electrons. The van der Waals surface area contributed by atoms with Crippen molar-refractivity contribution in [1.29, 1.82) is 0 Å². The third kappa shape index (κ3) is 2.94. The normalized spacial score (nSPS) is 21.2. The topological polar surface area (TPSA) is 88.3 Å². The molecule has 3 heterocycles. The molecule has 2 aromatic rings. The van der Waals surface area contributed by atoms with Crippen molar-refractivity contribution in [3.63, 3.8) is 0 Å². The summed E-state index contributed by atoms with van der Waals surface area (Å²) >= 11 is 0. The van der Waals surface area contributed by atoms with Crippen LogP contribution >= 0.6 is 0 Å². The molecule has 1 aliphatic rings. The van der Waals surface area contributed by atoms with E-state index >= 15 is 0 Å². The predicted octanol–water partition coefficient (Wildman–Crippen LogP) is 1.59. The molecule has 1 amide bonds. The molecule has 0 spiro atoms. The summed E-state index contributed by atoms with van der Waals surface area (Å²) < 4.78 is 1.58. The van der Waals surface area contributed by atoms with Gasteiger partial charge in [-0.1, -0.05) is 0 Å². The zero-order valence-electron chi connectivity index (χ0n) is 12.8. The van der Waals surface area contributed by atoms with Gasteiger partial charge in [-0.05, 0) is 38.0 Å². The highest BCUT2D eigenvalue weighted by atomic mass is 16.4. The highest BCUT2D eigenvalue weighted by molar-refractivity contribution is 5.95. The Kier molecular flexibility index (Phi) is 4.10. The molecule has 1 aliphatic heterocycles. The van der Waals surface area contributed by atoms with Crippen molar-refractivity contribution in [2.45, 2.75) is 25.8 Å². The first kappa shape index (κ1) is 15.2. The number of nitrogens with zero attached hydrogens (tertiary/aromatic N) is 4. The third-order valence-corrected chi connectivity index (χ3v) is 4.30. The average molecular weight is 314 g/mol. The Morgan fingerprint density at radius 3 is 2.87 bits per heavy atom. The molecular weight excluding hydrogens is 296 g/mol. The van der Waals surface area contributed by atoms with Crippen LogP contribution in [0.25, 0.3) is 5.82 Å². The number of carbonyl (C=O) groups excluding carboxylic acids is 1. The van der Waals surface area contributed by atoms with Crippen LogP contribution in [0.1, 0.15) is 30.1 Å². The molecule has 7 heteroatoms. The zero-order valence-corrected chi connectivity index (χ0v) is 12.8. The van der Waals surface area contributed by atoms with Crippen LogP contribution in [0, 0.1) is 5.92 Å². The summed E-state index contributed by atoms with van der Waals surface area (Å²) in [5, 5.41) is 13.4. The first-order chi connectivity index (χ1) is 11.1. The highest BCUT2D eigenvalue weighted by Crippen LogP contribution is 2.25. The van der Waals surface area contributed by atoms with E-state index in [1.807, 2.05) is 0 Å². The van der Waals surface area contributed by atoms with E-state index in [4.69, 9.17) is 0 Å². The summed E-state index contributed by atoms with van der Waals surface area (Å²) in [6.45, 7) is 2.37. The maximum absolute atomic E-state index is 12.8. The fourth-order valence-electron chi connectivity index (χ4n) is 3.01. The van der Waals surface area contributed by atoms with Crippen molar-refractivity contribution in [2.24, 2.45) is 5.92 Å². The minimum Gasteiger partial charge on any atom is -0.481 e. The minimum absolute atomic E-state index is 0.167. The number of piperidine rings is 1. The monoisotopic (exact) mass is 314 g/mol. The van der Waals surface area contributed by atoms with Crippen molar-refractivity contribution >= 4 is 11.9 Å². The molecular formula is C16H18N4O3. The van der Waals surface area contributed by atoms with Crippen molar-refractivity contribution < 1.29 is 14.7 Å². The predicted molar refractivity (Wildman–Crippen MR) is 82.2 cm³/mol. The van der Waals surface area contributed by atoms with Gasteiger partial charge in [-0.2, -0.15) is 5.10 Å². The van der Waals surface area contributed by atoms with E-state index in [1.165, 1.54) is 0 Å². The molecule has 2 atom stereocenters. The molecule has 1 N–H and O–H groups in total. The first-order valence-corrected chi connectivity index (χ1v) is 7.58. The number of amides is 1. The second-order valence-electron chi connectivity index (χ2n) is 5.68. The minimum atomic E-state index is -0.845. The third-order valence-electron chi connectivity index (χ3n) is 4.30. The summed E-state index contributed by atoms with van der Waals surface area (Å²) in [6.07, 6.45) is 6.26. The molecule has 3 rings (SSSR count). The number of hydrogen-bond acceptors (Lipinski definition) is 4. The van der Waals surface area contributed by atoms with Gasteiger partial charge in [0.05, 0.1) is 5.92 Å². The van der Waals surface area contributed by atoms with Gasteiger partial charge >= 0.3 is 5.97 Å². The summed E-state index contributed by atoms with van der Waals surface area (Å²) in [5.41, 5.74) is 0.489. The van der Waals surface area contributed by atoms with E-state index < -0.39 is 11.9 Å². The lowest BCUT2D eigenvalue weighted by Crippen LogP contribution is -2.49. The summed E-state index contributed by atoms with van der Waals surface area (Å²) in [6, 6.07) is 4.77. The van der Waals surface area contributed by atoms with Gasteiger partial charge in [0.1, 0.15) is 0 Å². The largest absolute Gasteiger partial charge is 0.481 e. The van der Waals surface area contributed by atoms with E-state index in [0.29, 0.717) is 30.8 Å². The lowest BCUT2D eigenvalue weighted by atomic mass is 9.90. The first-order valence-electron chi connectivity index (χ1n) is 7.58. The van der Waals surface area contributed by atoms with Gasteiger partial charge in [0, 0.05) is 36.7 Å². The molecule has 1 fully saturated rings. The molecule has 0 aliphatic carbocycles. The van der Waals surface area contributed by atoms with Crippen LogP contribution in [-0.4, -0.2) is 49.2 Å². The van der Waals surface area contributed by atoms with Crippen LogP contribution in [0.15, 0.2) is 36.8 Å². The van der Waals surface area contributed by atoms with Crippen molar-refractivity contribution in [1.82, 2.24) is 19.7 Å². The van der Waals surface area contributed by atoms with E-state index in [9.17, 15) is 14.7 Å². The van der Waals surface area contributed by atoms with Crippen molar-refractivity contribution in [3.8, 4) is 5.82 Å². The lowest BCUT2D eigenvalue weighted by Gasteiger charge is -2.37. The van der Waals surface area contributed by atoms with Crippen molar-refractivity contribution in [3.05, 3.63) is 42.4 Å². The van der Waals surface area contributed by atoms with Gasteiger partial charge in [0.2, 0.25) is 0 Å². The van der Waals surface area contributed by atoms with Crippen LogP contribution < -0.4 is 0 Å². The van der Waals surface area contributed by atoms with Gasteiger partial charge in [0.15, 0.2) is 5.82 Å². The molecule has 0 radical (unpaired) electrons. The second kappa shape index (κ2) is 6.20. The van der Waals surface area contributed by atoms with Gasteiger partial charge in [-0.15, -0.1) is 0 Å². The molecule has 7 nitrogen and oxygen atoms in total. The smallest absolute Gasteiger partial charge is 0.308 e. The van der Waals surface area contributed by atoms with Crippen LogP contribution in [0.4, 0.5) is 0 Å². The fraction of sp³-hybridized carbons (Fsp3) is 0.375. The second-order valence-corrected chi connectivity index (χ2v) is 5.68. The summed E-state index contributed by atoms with van der Waals surface area (Å²) in [4.78, 5) is 29.9. The number of aliphatic carboxylic acids is 1. The van der Waals surface area contributed by atoms with Gasteiger partial charge < -0.3 is 10.0 Å². The number of carboxylic acids is 1. The molecule has 0 aromatic carbocycles.